The molecule has 0 saturated heterocycles. The molecule has 1 heterocycles. The first kappa shape index (κ1) is 18.8. The molecule has 0 unspecified atom stereocenters. The largest absolute Gasteiger partial charge is 0.456 e. The molecule has 1 atom stereocenters. The van der Waals surface area contributed by atoms with Crippen LogP contribution in [-0.4, -0.2) is 11.0 Å². The molecule has 4 aromatic rings. The van der Waals surface area contributed by atoms with Gasteiger partial charge in [-0.2, -0.15) is 0 Å². The summed E-state index contributed by atoms with van der Waals surface area (Å²) >= 11 is 6.07. The summed E-state index contributed by atoms with van der Waals surface area (Å²) in [5.41, 5.74) is 5.67. The minimum absolute atomic E-state index is 0.240. The van der Waals surface area contributed by atoms with Gasteiger partial charge in [-0.15, -0.1) is 0 Å². The molecule has 1 aromatic heterocycles. The van der Waals surface area contributed by atoms with Crippen molar-refractivity contribution in [2.45, 2.75) is 25.4 Å². The van der Waals surface area contributed by atoms with E-state index in [1.54, 1.807) is 0 Å². The van der Waals surface area contributed by atoms with Gasteiger partial charge in [-0.3, -0.25) is 0 Å². The summed E-state index contributed by atoms with van der Waals surface area (Å²) in [6.45, 7) is 0.240. The number of benzene rings is 3. The smallest absolute Gasteiger partial charge is 0.357 e. The highest BCUT2D eigenvalue weighted by molar-refractivity contribution is 6.30. The minimum Gasteiger partial charge on any atom is -0.456 e. The molecule has 0 radical (unpaired) electrons. The van der Waals surface area contributed by atoms with E-state index in [-0.39, 0.29) is 12.6 Å². The molecule has 30 heavy (non-hydrogen) atoms. The number of fused-ring (bicyclic) bond motifs is 3. The molecule has 0 spiro atoms. The molecule has 0 aliphatic heterocycles. The number of rotatable bonds is 4. The van der Waals surface area contributed by atoms with Gasteiger partial charge in [0.25, 0.3) is 0 Å². The van der Waals surface area contributed by atoms with Crippen molar-refractivity contribution in [2.75, 3.05) is 0 Å². The summed E-state index contributed by atoms with van der Waals surface area (Å²) in [5, 5.41) is 1.84. The van der Waals surface area contributed by atoms with E-state index < -0.39 is 0 Å². The lowest BCUT2D eigenvalue weighted by molar-refractivity contribution is 0.0465. The predicted molar refractivity (Wildman–Crippen MR) is 119 cm³/mol. The van der Waals surface area contributed by atoms with Crippen LogP contribution in [0, 0.1) is 0 Å². The average Bonchev–Trinajstić information content (AvgIpc) is 3.24. The zero-order valence-corrected chi connectivity index (χ0v) is 17.1. The number of hydrogen-bond donors (Lipinski definition) is 0. The van der Waals surface area contributed by atoms with E-state index >= 15 is 0 Å². The van der Waals surface area contributed by atoms with Gasteiger partial charge in [-0.25, -0.2) is 9.78 Å². The van der Waals surface area contributed by atoms with Crippen LogP contribution in [0.25, 0.3) is 10.9 Å². The number of para-hydroxylation sites is 1. The predicted octanol–water partition coefficient (Wildman–Crippen LogP) is 6.13. The summed E-state index contributed by atoms with van der Waals surface area (Å²) in [6, 6.07) is 25.7. The maximum atomic E-state index is 13.0. The molecule has 0 N–H and O–H groups in total. The normalized spacial score (nSPS) is 15.2. The third-order valence-electron chi connectivity index (χ3n) is 5.76. The molecule has 0 amide bonds. The molecule has 148 valence electrons. The molecule has 0 saturated carbocycles. The van der Waals surface area contributed by atoms with Crippen LogP contribution >= 0.6 is 11.6 Å². The maximum Gasteiger partial charge on any atom is 0.357 e. The number of halogens is 1. The van der Waals surface area contributed by atoms with Crippen LogP contribution in [0.1, 0.15) is 38.7 Å². The van der Waals surface area contributed by atoms with Crippen LogP contribution in [0.15, 0.2) is 78.9 Å². The van der Waals surface area contributed by atoms with E-state index in [4.69, 9.17) is 21.3 Å². The third kappa shape index (κ3) is 3.57. The zero-order valence-electron chi connectivity index (χ0n) is 16.3. The highest BCUT2D eigenvalue weighted by atomic mass is 35.5. The topological polar surface area (TPSA) is 39.2 Å². The second-order valence-corrected chi connectivity index (χ2v) is 8.09. The lowest BCUT2D eigenvalue weighted by Gasteiger charge is -2.11. The maximum absolute atomic E-state index is 13.0. The first-order valence-corrected chi connectivity index (χ1v) is 10.4. The van der Waals surface area contributed by atoms with Crippen LogP contribution < -0.4 is 0 Å². The van der Waals surface area contributed by atoms with E-state index in [9.17, 15) is 4.79 Å². The fraction of sp³-hybridized carbons (Fsp3) is 0.154. The van der Waals surface area contributed by atoms with Crippen LogP contribution in [-0.2, 0) is 24.2 Å². The van der Waals surface area contributed by atoms with E-state index in [0.29, 0.717) is 11.6 Å². The summed E-state index contributed by atoms with van der Waals surface area (Å²) < 4.78 is 5.63. The quantitative estimate of drug-likeness (QED) is 0.378. The summed E-state index contributed by atoms with van der Waals surface area (Å²) in [7, 11) is 0. The van der Waals surface area contributed by atoms with Gasteiger partial charge in [0.1, 0.15) is 6.61 Å². The molecule has 3 aromatic carbocycles. The highest BCUT2D eigenvalue weighted by Crippen LogP contribution is 2.39. The SMILES string of the molecule is O=C(OCc1ccccc1)c1nc2ccccc2c2c1C[C@H](c1ccc(Cl)cc1)C2. The second-order valence-electron chi connectivity index (χ2n) is 7.65. The van der Waals surface area contributed by atoms with Crippen molar-refractivity contribution in [3.8, 4) is 0 Å². The number of aromatic nitrogens is 1. The number of nitrogens with zero attached hydrogens (tertiary/aromatic N) is 1. The van der Waals surface area contributed by atoms with E-state index in [0.717, 1.165) is 39.9 Å². The summed E-state index contributed by atoms with van der Waals surface area (Å²) in [4.78, 5) is 17.7. The Morgan fingerprint density at radius 2 is 1.60 bits per heavy atom. The van der Waals surface area contributed by atoms with E-state index in [1.807, 2.05) is 60.7 Å². The van der Waals surface area contributed by atoms with Crippen molar-refractivity contribution < 1.29 is 9.53 Å². The van der Waals surface area contributed by atoms with Crippen molar-refractivity contribution in [1.29, 1.82) is 0 Å². The Hall–Kier alpha value is -3.17. The van der Waals surface area contributed by atoms with Gasteiger partial charge < -0.3 is 4.74 Å². The lowest BCUT2D eigenvalue weighted by Crippen LogP contribution is -2.11. The van der Waals surface area contributed by atoms with Crippen molar-refractivity contribution >= 4 is 28.5 Å². The Morgan fingerprint density at radius 3 is 2.40 bits per heavy atom. The van der Waals surface area contributed by atoms with Gasteiger partial charge in [0, 0.05) is 10.4 Å². The molecular weight excluding hydrogens is 394 g/mol. The first-order valence-electron chi connectivity index (χ1n) is 10.1. The molecule has 0 fully saturated rings. The summed E-state index contributed by atoms with van der Waals surface area (Å²) in [5.74, 6) is -0.0665. The van der Waals surface area contributed by atoms with Crippen molar-refractivity contribution in [3.05, 3.63) is 112 Å². The third-order valence-corrected chi connectivity index (χ3v) is 6.01. The van der Waals surface area contributed by atoms with Gasteiger partial charge in [0.15, 0.2) is 5.69 Å². The second kappa shape index (κ2) is 7.92. The average molecular weight is 414 g/mol. The number of hydrogen-bond acceptors (Lipinski definition) is 3. The Labute approximate surface area is 180 Å². The van der Waals surface area contributed by atoms with Crippen LogP contribution in [0.5, 0.6) is 0 Å². The molecule has 1 aliphatic rings. The number of ether oxygens (including phenoxy) is 1. The number of carbonyl (C=O) groups excluding carboxylic acids is 1. The number of pyridine rings is 1. The van der Waals surface area contributed by atoms with Gasteiger partial charge in [-0.1, -0.05) is 72.3 Å². The van der Waals surface area contributed by atoms with Gasteiger partial charge >= 0.3 is 5.97 Å². The summed E-state index contributed by atoms with van der Waals surface area (Å²) in [6.07, 6.45) is 1.64. The standard InChI is InChI=1S/C26H20ClNO2/c27-20-12-10-18(11-13-20)19-14-22-21-8-4-5-9-24(21)28-25(23(22)15-19)26(29)30-16-17-6-2-1-3-7-17/h1-13,19H,14-16H2/t19-/m1/s1. The Balaban J connectivity index is 1.50. The molecule has 1 aliphatic carbocycles. The molecule has 5 rings (SSSR count). The molecule has 4 heteroatoms. The molecule has 0 bridgehead atoms. The van der Waals surface area contributed by atoms with Gasteiger partial charge in [-0.05, 0) is 59.2 Å². The lowest BCUT2D eigenvalue weighted by atomic mass is 9.96. The zero-order chi connectivity index (χ0) is 20.5. The van der Waals surface area contributed by atoms with E-state index in [2.05, 4.69) is 18.2 Å². The molecule has 3 nitrogen and oxygen atoms in total. The van der Waals surface area contributed by atoms with Crippen molar-refractivity contribution in [2.24, 2.45) is 0 Å². The van der Waals surface area contributed by atoms with E-state index in [1.165, 1.54) is 11.1 Å². The highest BCUT2D eigenvalue weighted by Gasteiger charge is 2.30. The Morgan fingerprint density at radius 1 is 0.900 bits per heavy atom. The monoisotopic (exact) mass is 413 g/mol. The number of esters is 1. The van der Waals surface area contributed by atoms with Crippen LogP contribution in [0.3, 0.4) is 0 Å². The van der Waals surface area contributed by atoms with Crippen LogP contribution in [0.4, 0.5) is 0 Å². The molecular formula is C26H20ClNO2. The van der Waals surface area contributed by atoms with Gasteiger partial charge in [0.2, 0.25) is 0 Å². The fourth-order valence-electron chi connectivity index (χ4n) is 4.27. The first-order chi connectivity index (χ1) is 14.7. The Bertz CT molecular complexity index is 1220. The number of carbonyl (C=O) groups is 1. The van der Waals surface area contributed by atoms with Gasteiger partial charge in [0.05, 0.1) is 5.52 Å². The van der Waals surface area contributed by atoms with Crippen molar-refractivity contribution in [3.63, 3.8) is 0 Å². The van der Waals surface area contributed by atoms with Crippen molar-refractivity contribution in [1.82, 2.24) is 4.98 Å². The Kier molecular flexibility index (Phi) is 4.97. The fourth-order valence-corrected chi connectivity index (χ4v) is 4.39. The van der Waals surface area contributed by atoms with Crippen LogP contribution in [0.2, 0.25) is 5.02 Å². The minimum atomic E-state index is -0.363.